The Labute approximate surface area is 110 Å². The minimum atomic E-state index is -0.416. The van der Waals surface area contributed by atoms with Crippen LogP contribution in [-0.4, -0.2) is 16.0 Å². The van der Waals surface area contributed by atoms with Gasteiger partial charge in [-0.05, 0) is 6.54 Å². The summed E-state index contributed by atoms with van der Waals surface area (Å²) in [5, 5.41) is 24.3. The average molecular weight is 258 g/mol. The Morgan fingerprint density at radius 1 is 1.53 bits per heavy atom. The van der Waals surface area contributed by atoms with Gasteiger partial charge in [0.15, 0.2) is 0 Å². The summed E-state index contributed by atoms with van der Waals surface area (Å²) in [7, 11) is 1.68. The van der Waals surface area contributed by atoms with E-state index < -0.39 is 4.92 Å². The highest BCUT2D eigenvalue weighted by atomic mass is 16.6. The Balaban J connectivity index is 2.78. The number of rotatable bonds is 4. The lowest BCUT2D eigenvalue weighted by atomic mass is 10.1. The number of nitro benzene ring substituents is 1. The summed E-state index contributed by atoms with van der Waals surface area (Å²) in [6, 6.07) is 7.05. The molecule has 6 heteroatoms. The molecule has 2 aromatic rings. The van der Waals surface area contributed by atoms with Crippen LogP contribution in [-0.2, 0) is 13.6 Å². The molecule has 1 aromatic carbocycles. The molecule has 2 rings (SSSR count). The first-order chi connectivity index (χ1) is 9.11. The average Bonchev–Trinajstić information content (AvgIpc) is 2.68. The van der Waals surface area contributed by atoms with Gasteiger partial charge in [-0.1, -0.05) is 19.1 Å². The van der Waals surface area contributed by atoms with Crippen molar-refractivity contribution >= 4 is 16.6 Å². The Hall–Kier alpha value is -2.39. The maximum atomic E-state index is 11.1. The van der Waals surface area contributed by atoms with Crippen LogP contribution in [0.4, 0.5) is 5.69 Å². The van der Waals surface area contributed by atoms with Crippen LogP contribution in [0.25, 0.3) is 10.9 Å². The summed E-state index contributed by atoms with van der Waals surface area (Å²) in [6.07, 6.45) is 0. The van der Waals surface area contributed by atoms with Crippen molar-refractivity contribution in [2.24, 2.45) is 7.05 Å². The molecule has 0 amide bonds. The molecule has 0 spiro atoms. The van der Waals surface area contributed by atoms with E-state index in [4.69, 9.17) is 0 Å². The molecule has 1 aromatic heterocycles. The predicted octanol–water partition coefficient (Wildman–Crippen LogP) is 2.07. The Morgan fingerprint density at radius 3 is 2.84 bits per heavy atom. The number of nitrogens with zero attached hydrogens (tertiary/aromatic N) is 3. The summed E-state index contributed by atoms with van der Waals surface area (Å²) in [4.78, 5) is 10.7. The zero-order valence-corrected chi connectivity index (χ0v) is 10.8. The van der Waals surface area contributed by atoms with Crippen LogP contribution in [0.1, 0.15) is 18.2 Å². The van der Waals surface area contributed by atoms with E-state index >= 15 is 0 Å². The third-order valence-electron chi connectivity index (χ3n) is 3.15. The number of aryl methyl sites for hydroxylation is 1. The first-order valence-electron chi connectivity index (χ1n) is 5.97. The van der Waals surface area contributed by atoms with Gasteiger partial charge in [-0.25, -0.2) is 0 Å². The van der Waals surface area contributed by atoms with Crippen LogP contribution in [0.2, 0.25) is 0 Å². The number of nitriles is 1. The molecule has 19 heavy (non-hydrogen) atoms. The molecule has 0 saturated heterocycles. The van der Waals surface area contributed by atoms with Gasteiger partial charge in [-0.2, -0.15) is 5.26 Å². The number of aromatic nitrogens is 1. The second-order valence-corrected chi connectivity index (χ2v) is 4.21. The Kier molecular flexibility index (Phi) is 3.49. The minimum absolute atomic E-state index is 0.0271. The van der Waals surface area contributed by atoms with Crippen molar-refractivity contribution in [1.82, 2.24) is 9.88 Å². The topological polar surface area (TPSA) is 83.9 Å². The summed E-state index contributed by atoms with van der Waals surface area (Å²) < 4.78 is 1.60. The molecule has 0 atom stereocenters. The number of hydrogen-bond donors (Lipinski definition) is 1. The van der Waals surface area contributed by atoms with E-state index in [-0.39, 0.29) is 5.69 Å². The molecule has 0 aliphatic rings. The summed E-state index contributed by atoms with van der Waals surface area (Å²) in [5.41, 5.74) is 1.80. The van der Waals surface area contributed by atoms with E-state index in [1.54, 1.807) is 17.7 Å². The zero-order chi connectivity index (χ0) is 14.0. The molecule has 0 aliphatic carbocycles. The normalized spacial score (nSPS) is 10.6. The molecule has 0 bridgehead atoms. The number of hydrogen-bond acceptors (Lipinski definition) is 4. The van der Waals surface area contributed by atoms with Crippen LogP contribution < -0.4 is 5.32 Å². The monoisotopic (exact) mass is 258 g/mol. The van der Waals surface area contributed by atoms with Gasteiger partial charge in [0.1, 0.15) is 17.3 Å². The van der Waals surface area contributed by atoms with Crippen molar-refractivity contribution in [3.05, 3.63) is 39.6 Å². The smallest absolute Gasteiger partial charge is 0.293 e. The lowest BCUT2D eigenvalue weighted by molar-refractivity contribution is -0.383. The van der Waals surface area contributed by atoms with Gasteiger partial charge in [-0.15, -0.1) is 0 Å². The molecule has 0 saturated carbocycles. The Morgan fingerprint density at radius 2 is 2.26 bits per heavy atom. The fraction of sp³-hybridized carbons (Fsp3) is 0.308. The second-order valence-electron chi connectivity index (χ2n) is 4.21. The highest BCUT2D eigenvalue weighted by Crippen LogP contribution is 2.31. The van der Waals surface area contributed by atoms with Crippen molar-refractivity contribution < 1.29 is 4.92 Å². The number of fused-ring (bicyclic) bond motifs is 1. The van der Waals surface area contributed by atoms with Crippen molar-refractivity contribution in [2.45, 2.75) is 13.5 Å². The molecule has 1 N–H and O–H groups in total. The van der Waals surface area contributed by atoms with Crippen LogP contribution in [0.5, 0.6) is 0 Å². The maximum Gasteiger partial charge on any atom is 0.293 e. The lowest BCUT2D eigenvalue weighted by Crippen LogP contribution is -2.12. The highest BCUT2D eigenvalue weighted by molar-refractivity contribution is 5.93. The van der Waals surface area contributed by atoms with E-state index in [2.05, 4.69) is 11.4 Å². The van der Waals surface area contributed by atoms with E-state index in [9.17, 15) is 15.4 Å². The fourth-order valence-electron chi connectivity index (χ4n) is 2.29. The van der Waals surface area contributed by atoms with Crippen molar-refractivity contribution in [1.29, 1.82) is 5.26 Å². The highest BCUT2D eigenvalue weighted by Gasteiger charge is 2.21. The van der Waals surface area contributed by atoms with Gasteiger partial charge >= 0.3 is 0 Å². The molecule has 0 aliphatic heterocycles. The molecular weight excluding hydrogens is 244 g/mol. The van der Waals surface area contributed by atoms with Crippen molar-refractivity contribution in [2.75, 3.05) is 6.54 Å². The van der Waals surface area contributed by atoms with Crippen molar-refractivity contribution in [3.8, 4) is 6.07 Å². The number of benzene rings is 1. The van der Waals surface area contributed by atoms with E-state index in [1.165, 1.54) is 6.07 Å². The molecule has 0 fully saturated rings. The fourth-order valence-corrected chi connectivity index (χ4v) is 2.29. The summed E-state index contributed by atoms with van der Waals surface area (Å²) in [5.74, 6) is 0. The predicted molar refractivity (Wildman–Crippen MR) is 71.7 cm³/mol. The van der Waals surface area contributed by atoms with Gasteiger partial charge in [0.25, 0.3) is 5.69 Å². The van der Waals surface area contributed by atoms with Gasteiger partial charge in [-0.3, -0.25) is 10.1 Å². The third-order valence-corrected chi connectivity index (χ3v) is 3.15. The lowest BCUT2D eigenvalue weighted by Gasteiger charge is -2.00. The second kappa shape index (κ2) is 5.08. The molecule has 0 unspecified atom stereocenters. The maximum absolute atomic E-state index is 11.1. The van der Waals surface area contributed by atoms with Crippen LogP contribution in [0.15, 0.2) is 18.2 Å². The number of nitro groups is 1. The summed E-state index contributed by atoms with van der Waals surface area (Å²) >= 11 is 0. The molecule has 1 heterocycles. The standard InChI is InChI=1S/C13H14N4O2/c1-3-15-8-10-9-5-4-6-11(17(18)19)13(9)16(2)12(10)7-14/h4-6,15H,3,8H2,1-2H3. The van der Waals surface area contributed by atoms with Crippen LogP contribution in [0, 0.1) is 21.4 Å². The van der Waals surface area contributed by atoms with Crippen LogP contribution in [0.3, 0.4) is 0 Å². The first kappa shape index (κ1) is 13.1. The van der Waals surface area contributed by atoms with Gasteiger partial charge < -0.3 is 9.88 Å². The largest absolute Gasteiger partial charge is 0.330 e. The number of non-ortho nitro benzene ring substituents is 1. The third kappa shape index (κ3) is 2.04. The molecule has 0 radical (unpaired) electrons. The quantitative estimate of drug-likeness (QED) is 0.672. The molecular formula is C13H14N4O2. The van der Waals surface area contributed by atoms with E-state index in [1.807, 2.05) is 13.0 Å². The van der Waals surface area contributed by atoms with Gasteiger partial charge in [0.05, 0.1) is 4.92 Å². The molecule has 6 nitrogen and oxygen atoms in total. The van der Waals surface area contributed by atoms with Gasteiger partial charge in [0.2, 0.25) is 0 Å². The number of nitrogens with one attached hydrogen (secondary N) is 1. The number of para-hydroxylation sites is 1. The van der Waals surface area contributed by atoms with Gasteiger partial charge in [0, 0.05) is 30.6 Å². The van der Waals surface area contributed by atoms with E-state index in [0.29, 0.717) is 17.8 Å². The molecule has 98 valence electrons. The summed E-state index contributed by atoms with van der Waals surface area (Å²) in [6.45, 7) is 3.27. The zero-order valence-electron chi connectivity index (χ0n) is 10.8. The van der Waals surface area contributed by atoms with Crippen molar-refractivity contribution in [3.63, 3.8) is 0 Å². The Bertz CT molecular complexity index is 682. The first-order valence-corrected chi connectivity index (χ1v) is 5.97. The SMILES string of the molecule is CCNCc1c(C#N)n(C)c2c([N+](=O)[O-])cccc12. The van der Waals surface area contributed by atoms with Crippen LogP contribution >= 0.6 is 0 Å². The van der Waals surface area contributed by atoms with E-state index in [0.717, 1.165) is 17.5 Å². The minimum Gasteiger partial charge on any atom is -0.330 e.